The number of ether oxygens (including phenoxy) is 1. The highest BCUT2D eigenvalue weighted by Gasteiger charge is 2.03. The summed E-state index contributed by atoms with van der Waals surface area (Å²) in [4.78, 5) is 9.87. The Balaban J connectivity index is 2.91. The number of carbonyl (C=O) groups is 1. The summed E-state index contributed by atoms with van der Waals surface area (Å²) in [5, 5.41) is 3.95. The number of hydrogen-bond donors (Lipinski definition) is 0. The maximum Gasteiger partial charge on any atom is 0.298 e. The first kappa shape index (κ1) is 7.52. The van der Waals surface area contributed by atoms with Crippen molar-refractivity contribution in [2.75, 3.05) is 0 Å². The molecule has 10 heavy (non-hydrogen) atoms. The molecule has 0 aliphatic carbocycles. The van der Waals surface area contributed by atoms with Gasteiger partial charge in [0.05, 0.1) is 6.20 Å². The van der Waals surface area contributed by atoms with Crippen LogP contribution >= 0.6 is 22.6 Å². The van der Waals surface area contributed by atoms with E-state index in [1.54, 1.807) is 17.9 Å². The van der Waals surface area contributed by atoms with Crippen LogP contribution in [-0.2, 0) is 11.8 Å². The average molecular weight is 252 g/mol. The second-order valence-corrected chi connectivity index (χ2v) is 2.69. The molecule has 0 fully saturated rings. The number of nitrogens with zero attached hydrogens (tertiary/aromatic N) is 2. The summed E-state index contributed by atoms with van der Waals surface area (Å²) in [5.41, 5.74) is 0. The van der Waals surface area contributed by atoms with E-state index in [2.05, 4.69) is 9.84 Å². The van der Waals surface area contributed by atoms with Gasteiger partial charge >= 0.3 is 0 Å². The van der Waals surface area contributed by atoms with Gasteiger partial charge in [-0.05, 0) is 22.6 Å². The van der Waals surface area contributed by atoms with Gasteiger partial charge in [0.1, 0.15) is 0 Å². The smallest absolute Gasteiger partial charge is 0.298 e. The van der Waals surface area contributed by atoms with Crippen LogP contribution < -0.4 is 4.74 Å². The summed E-state index contributed by atoms with van der Waals surface area (Å²) < 4.78 is 6.86. The fourth-order valence-electron chi connectivity index (χ4n) is 0.570. The van der Waals surface area contributed by atoms with E-state index < -0.39 is 0 Å². The molecule has 0 aliphatic heterocycles. The highest BCUT2D eigenvalue weighted by Crippen LogP contribution is 2.16. The highest BCUT2D eigenvalue weighted by molar-refractivity contribution is 14.1. The van der Waals surface area contributed by atoms with Crippen molar-refractivity contribution < 1.29 is 9.53 Å². The van der Waals surface area contributed by atoms with E-state index >= 15 is 0 Å². The zero-order valence-electron chi connectivity index (χ0n) is 5.24. The van der Waals surface area contributed by atoms with E-state index in [9.17, 15) is 4.79 Å². The van der Waals surface area contributed by atoms with Crippen molar-refractivity contribution in [1.82, 2.24) is 9.78 Å². The van der Waals surface area contributed by atoms with Gasteiger partial charge < -0.3 is 4.74 Å². The molecule has 0 aromatic carbocycles. The topological polar surface area (TPSA) is 44.1 Å². The van der Waals surface area contributed by atoms with Crippen molar-refractivity contribution in [3.8, 4) is 5.75 Å². The van der Waals surface area contributed by atoms with Gasteiger partial charge in [0, 0.05) is 7.05 Å². The van der Waals surface area contributed by atoms with Gasteiger partial charge in [0.15, 0.2) is 9.45 Å². The average Bonchev–Trinajstić information content (AvgIpc) is 2.13. The first-order valence-corrected chi connectivity index (χ1v) is 3.61. The molecule has 0 saturated carbocycles. The van der Waals surface area contributed by atoms with E-state index in [1.165, 1.54) is 0 Å². The molecule has 0 N–H and O–H groups in total. The Morgan fingerprint density at radius 3 is 3.00 bits per heavy atom. The van der Waals surface area contributed by atoms with Gasteiger partial charge in [-0.2, -0.15) is 5.10 Å². The van der Waals surface area contributed by atoms with Crippen LogP contribution in [0.3, 0.4) is 0 Å². The van der Waals surface area contributed by atoms with Crippen LogP contribution in [-0.4, -0.2) is 16.3 Å². The lowest BCUT2D eigenvalue weighted by Gasteiger charge is -1.87. The molecule has 0 bridgehead atoms. The lowest BCUT2D eigenvalue weighted by Crippen LogP contribution is -1.87. The third-order valence-electron chi connectivity index (χ3n) is 0.928. The standard InChI is InChI=1S/C5H5IN2O2/c1-8-2-4(10-3-9)5(6)7-8/h2-3H,1H3. The Labute approximate surface area is 71.3 Å². The maximum atomic E-state index is 9.87. The first-order valence-electron chi connectivity index (χ1n) is 2.53. The van der Waals surface area contributed by atoms with Gasteiger partial charge in [-0.1, -0.05) is 0 Å². The fraction of sp³-hybridized carbons (Fsp3) is 0.200. The van der Waals surface area contributed by atoms with Gasteiger partial charge in [0.2, 0.25) is 0 Å². The summed E-state index contributed by atoms with van der Waals surface area (Å²) in [6.07, 6.45) is 1.64. The molecule has 5 heteroatoms. The molecule has 0 amide bonds. The third kappa shape index (κ3) is 1.47. The van der Waals surface area contributed by atoms with Crippen LogP contribution in [0, 0.1) is 3.70 Å². The van der Waals surface area contributed by atoms with Gasteiger partial charge in [-0.3, -0.25) is 9.48 Å². The predicted octanol–water partition coefficient (Wildman–Crippen LogP) is 0.560. The van der Waals surface area contributed by atoms with Gasteiger partial charge in [0.25, 0.3) is 6.47 Å². The van der Waals surface area contributed by atoms with Crippen molar-refractivity contribution in [3.05, 3.63) is 9.90 Å². The summed E-state index contributed by atoms with van der Waals surface area (Å²) in [5.74, 6) is 0.498. The van der Waals surface area contributed by atoms with Crippen LogP contribution in [0.15, 0.2) is 6.20 Å². The van der Waals surface area contributed by atoms with Crippen molar-refractivity contribution >= 4 is 29.1 Å². The molecule has 0 radical (unpaired) electrons. The van der Waals surface area contributed by atoms with E-state index in [1.807, 2.05) is 22.6 Å². The summed E-state index contributed by atoms with van der Waals surface area (Å²) in [6.45, 7) is 0.388. The molecule has 0 aliphatic rings. The number of aryl methyl sites for hydroxylation is 1. The molecule has 1 rings (SSSR count). The van der Waals surface area contributed by atoms with Crippen LogP contribution in [0.1, 0.15) is 0 Å². The van der Waals surface area contributed by atoms with Crippen molar-refractivity contribution in [1.29, 1.82) is 0 Å². The normalized spacial score (nSPS) is 9.40. The monoisotopic (exact) mass is 252 g/mol. The van der Waals surface area contributed by atoms with Crippen molar-refractivity contribution in [2.24, 2.45) is 7.05 Å². The minimum Gasteiger partial charge on any atom is -0.424 e. The molecule has 1 heterocycles. The maximum absolute atomic E-state index is 9.87. The summed E-state index contributed by atoms with van der Waals surface area (Å²) in [6, 6.07) is 0. The second kappa shape index (κ2) is 3.00. The number of aromatic nitrogens is 2. The first-order chi connectivity index (χ1) is 4.74. The molecule has 0 spiro atoms. The number of hydrogen-bond acceptors (Lipinski definition) is 3. The summed E-state index contributed by atoms with van der Waals surface area (Å²) in [7, 11) is 1.76. The van der Waals surface area contributed by atoms with Crippen molar-refractivity contribution in [2.45, 2.75) is 0 Å². The predicted molar refractivity (Wildman–Crippen MR) is 42.6 cm³/mol. The molecule has 4 nitrogen and oxygen atoms in total. The largest absolute Gasteiger partial charge is 0.424 e. The van der Waals surface area contributed by atoms with E-state index in [0.29, 0.717) is 15.9 Å². The highest BCUT2D eigenvalue weighted by atomic mass is 127. The van der Waals surface area contributed by atoms with E-state index in [4.69, 9.17) is 0 Å². The molecule has 1 aromatic heterocycles. The SMILES string of the molecule is Cn1cc(OC=O)c(I)n1. The van der Waals surface area contributed by atoms with E-state index in [0.717, 1.165) is 0 Å². The molecule has 0 saturated heterocycles. The zero-order chi connectivity index (χ0) is 7.56. The minimum atomic E-state index is 0.388. The van der Waals surface area contributed by atoms with Gasteiger partial charge in [-0.25, -0.2) is 0 Å². The van der Waals surface area contributed by atoms with Gasteiger partial charge in [-0.15, -0.1) is 0 Å². The van der Waals surface area contributed by atoms with E-state index in [-0.39, 0.29) is 0 Å². The van der Waals surface area contributed by atoms with Crippen LogP contribution in [0.4, 0.5) is 0 Å². The Morgan fingerprint density at radius 1 is 1.90 bits per heavy atom. The third-order valence-corrected chi connectivity index (χ3v) is 1.68. The minimum absolute atomic E-state index is 0.388. The molecule has 1 aromatic rings. The van der Waals surface area contributed by atoms with Crippen LogP contribution in [0.25, 0.3) is 0 Å². The number of halogens is 1. The quantitative estimate of drug-likeness (QED) is 0.570. The number of carbonyl (C=O) groups excluding carboxylic acids is 1. The Morgan fingerprint density at radius 2 is 2.60 bits per heavy atom. The lowest BCUT2D eigenvalue weighted by atomic mass is 10.7. The Hall–Kier alpha value is -0.590. The van der Waals surface area contributed by atoms with Crippen molar-refractivity contribution in [3.63, 3.8) is 0 Å². The van der Waals surface area contributed by atoms with Crippen LogP contribution in [0.2, 0.25) is 0 Å². The van der Waals surface area contributed by atoms with Crippen LogP contribution in [0.5, 0.6) is 5.75 Å². The molecule has 0 atom stereocenters. The zero-order valence-corrected chi connectivity index (χ0v) is 7.40. The molecular weight excluding hydrogens is 247 g/mol. The summed E-state index contributed by atoms with van der Waals surface area (Å²) >= 11 is 1.99. The molecule has 0 unspecified atom stereocenters. The molecular formula is C5H5IN2O2. The second-order valence-electron chi connectivity index (χ2n) is 1.67. The Kier molecular flexibility index (Phi) is 2.25. The lowest BCUT2D eigenvalue weighted by molar-refractivity contribution is -0.120. The Bertz CT molecular complexity index is 246. The number of rotatable bonds is 2. The molecule has 54 valence electrons. The fourth-order valence-corrected chi connectivity index (χ4v) is 1.18.